The number of methoxy groups -OCH3 is 1. The first kappa shape index (κ1) is 22.9. The Morgan fingerprint density at radius 2 is 1.80 bits per heavy atom. The summed E-state index contributed by atoms with van der Waals surface area (Å²) in [6.07, 6.45) is 4.94. The monoisotopic (exact) mass is 480 g/mol. The molecule has 2 aliphatic heterocycles. The van der Waals surface area contributed by atoms with Crippen molar-refractivity contribution in [3.05, 3.63) is 36.5 Å². The molecule has 1 spiro atoms. The van der Waals surface area contributed by atoms with Crippen molar-refractivity contribution in [2.75, 3.05) is 33.3 Å². The van der Waals surface area contributed by atoms with E-state index >= 15 is 0 Å². The van der Waals surface area contributed by atoms with Gasteiger partial charge >= 0.3 is 0 Å². The van der Waals surface area contributed by atoms with E-state index < -0.39 is 0 Å². The maximum Gasteiger partial charge on any atom is 0.244 e. The molecule has 2 fully saturated rings. The Balaban J connectivity index is 1.09. The first-order valence-corrected chi connectivity index (χ1v) is 11.8. The van der Waals surface area contributed by atoms with Crippen molar-refractivity contribution in [1.82, 2.24) is 40.1 Å². The Kier molecular flexibility index (Phi) is 6.43. The van der Waals surface area contributed by atoms with Crippen molar-refractivity contribution in [2.24, 2.45) is 5.41 Å². The number of piperidine rings is 1. The number of aryl methyl sites for hydroxylation is 1. The number of ether oxygens (including phenoxy) is 1. The third-order valence-corrected chi connectivity index (χ3v) is 7.03. The second kappa shape index (κ2) is 9.80. The molecule has 12 nitrogen and oxygen atoms in total. The van der Waals surface area contributed by atoms with Gasteiger partial charge in [0.05, 0.1) is 7.11 Å². The summed E-state index contributed by atoms with van der Waals surface area (Å²) in [5.74, 6) is 1.83. The molecule has 5 rings (SSSR count). The fourth-order valence-corrected chi connectivity index (χ4v) is 4.86. The summed E-state index contributed by atoms with van der Waals surface area (Å²) in [4.78, 5) is 33.6. The van der Waals surface area contributed by atoms with Gasteiger partial charge in [-0.1, -0.05) is 5.16 Å². The first-order chi connectivity index (χ1) is 17.0. The van der Waals surface area contributed by atoms with Gasteiger partial charge in [-0.15, -0.1) is 5.10 Å². The smallest absolute Gasteiger partial charge is 0.244 e. The zero-order valence-electron chi connectivity index (χ0n) is 19.7. The van der Waals surface area contributed by atoms with Crippen molar-refractivity contribution < 1.29 is 18.8 Å². The molecule has 3 aromatic rings. The molecular weight excluding hydrogens is 452 g/mol. The van der Waals surface area contributed by atoms with Crippen LogP contribution in [-0.2, 0) is 22.6 Å². The molecule has 1 aromatic carbocycles. The summed E-state index contributed by atoms with van der Waals surface area (Å²) < 4.78 is 12.0. The van der Waals surface area contributed by atoms with Crippen LogP contribution in [0.25, 0.3) is 11.4 Å². The Hall–Kier alpha value is -3.83. The summed E-state index contributed by atoms with van der Waals surface area (Å²) in [5, 5.41) is 14.9. The van der Waals surface area contributed by atoms with Gasteiger partial charge in [0.2, 0.25) is 23.5 Å². The van der Waals surface area contributed by atoms with Crippen LogP contribution in [-0.4, -0.2) is 85.3 Å². The normalized spacial score (nSPS) is 17.2. The number of likely N-dealkylation sites (tertiary alicyclic amines) is 2. The Bertz CT molecular complexity index is 1150. The Morgan fingerprint density at radius 1 is 1.06 bits per heavy atom. The van der Waals surface area contributed by atoms with Crippen LogP contribution in [0.4, 0.5) is 0 Å². The lowest BCUT2D eigenvalue weighted by Gasteiger charge is -2.39. The third-order valence-electron chi connectivity index (χ3n) is 7.03. The number of hydrogen-bond donors (Lipinski definition) is 0. The van der Waals surface area contributed by atoms with Crippen LogP contribution < -0.4 is 4.74 Å². The maximum atomic E-state index is 12.9. The predicted molar refractivity (Wildman–Crippen MR) is 122 cm³/mol. The minimum atomic E-state index is 0.0200. The van der Waals surface area contributed by atoms with E-state index in [0.717, 1.165) is 43.7 Å². The van der Waals surface area contributed by atoms with E-state index in [0.29, 0.717) is 37.6 Å². The van der Waals surface area contributed by atoms with E-state index in [1.54, 1.807) is 7.11 Å². The van der Waals surface area contributed by atoms with Gasteiger partial charge < -0.3 is 19.1 Å². The lowest BCUT2D eigenvalue weighted by atomic mass is 9.78. The maximum absolute atomic E-state index is 12.9. The molecule has 0 atom stereocenters. The molecule has 0 radical (unpaired) electrons. The second-order valence-electron chi connectivity index (χ2n) is 9.19. The highest BCUT2D eigenvalue weighted by Gasteiger charge is 2.42. The van der Waals surface area contributed by atoms with E-state index in [1.807, 2.05) is 34.1 Å². The van der Waals surface area contributed by atoms with Crippen LogP contribution in [0.5, 0.6) is 5.75 Å². The summed E-state index contributed by atoms with van der Waals surface area (Å²) >= 11 is 0. The number of carbonyl (C=O) groups is 2. The molecule has 35 heavy (non-hydrogen) atoms. The van der Waals surface area contributed by atoms with Gasteiger partial charge in [-0.25, -0.2) is 4.68 Å². The Labute approximate surface area is 202 Å². The van der Waals surface area contributed by atoms with Crippen molar-refractivity contribution in [1.29, 1.82) is 0 Å². The number of tetrazole rings is 1. The standard InChI is InChI=1S/C23H28N8O4/c1-34-18-4-2-17(3-5-18)22-25-19(35-26-22)6-7-20(32)30-13-10-23(15-30)8-11-29(12-9-23)21(33)14-31-16-24-27-28-31/h2-5,16H,6-15H2,1H3. The van der Waals surface area contributed by atoms with Crippen LogP contribution in [0, 0.1) is 5.41 Å². The summed E-state index contributed by atoms with van der Waals surface area (Å²) in [6.45, 7) is 3.03. The van der Waals surface area contributed by atoms with E-state index in [9.17, 15) is 9.59 Å². The number of benzene rings is 1. The largest absolute Gasteiger partial charge is 0.497 e. The molecule has 4 heterocycles. The van der Waals surface area contributed by atoms with Crippen molar-refractivity contribution in [3.8, 4) is 17.1 Å². The summed E-state index contributed by atoms with van der Waals surface area (Å²) in [7, 11) is 1.62. The zero-order valence-corrected chi connectivity index (χ0v) is 19.7. The average Bonchev–Trinajstić information content (AvgIpc) is 3.65. The third kappa shape index (κ3) is 5.15. The minimum Gasteiger partial charge on any atom is -0.497 e. The van der Waals surface area contributed by atoms with Gasteiger partial charge in [-0.2, -0.15) is 4.98 Å². The molecule has 2 aromatic heterocycles. The Morgan fingerprint density at radius 3 is 2.49 bits per heavy atom. The highest BCUT2D eigenvalue weighted by Crippen LogP contribution is 2.40. The van der Waals surface area contributed by atoms with Crippen LogP contribution in [0.15, 0.2) is 35.1 Å². The molecule has 0 aliphatic carbocycles. The highest BCUT2D eigenvalue weighted by atomic mass is 16.5. The number of hydrogen-bond acceptors (Lipinski definition) is 9. The topological polar surface area (TPSA) is 132 Å². The van der Waals surface area contributed by atoms with Crippen molar-refractivity contribution in [3.63, 3.8) is 0 Å². The van der Waals surface area contributed by atoms with Crippen LogP contribution in [0.2, 0.25) is 0 Å². The van der Waals surface area contributed by atoms with Gasteiger partial charge in [0, 0.05) is 44.6 Å². The second-order valence-corrected chi connectivity index (χ2v) is 9.19. The molecule has 0 unspecified atom stereocenters. The van der Waals surface area contributed by atoms with Crippen molar-refractivity contribution >= 4 is 11.8 Å². The lowest BCUT2D eigenvalue weighted by molar-refractivity contribution is -0.135. The first-order valence-electron chi connectivity index (χ1n) is 11.8. The number of rotatable bonds is 7. The van der Waals surface area contributed by atoms with Crippen molar-refractivity contribution in [2.45, 2.75) is 38.6 Å². The molecule has 0 saturated carbocycles. The van der Waals surface area contributed by atoms with Crippen LogP contribution in [0.3, 0.4) is 0 Å². The number of carbonyl (C=O) groups excluding carboxylic acids is 2. The van der Waals surface area contributed by atoms with E-state index in [2.05, 4.69) is 25.7 Å². The molecule has 2 saturated heterocycles. The molecule has 12 heteroatoms. The quantitative estimate of drug-likeness (QED) is 0.489. The average molecular weight is 481 g/mol. The minimum absolute atomic E-state index is 0.0200. The molecule has 184 valence electrons. The number of aromatic nitrogens is 6. The fourth-order valence-electron chi connectivity index (χ4n) is 4.86. The number of amides is 2. The highest BCUT2D eigenvalue weighted by molar-refractivity contribution is 5.77. The fraction of sp³-hybridized carbons (Fsp3) is 0.522. The van der Waals surface area contributed by atoms with Crippen LogP contribution >= 0.6 is 0 Å². The molecular formula is C23H28N8O4. The number of nitrogens with zero attached hydrogens (tertiary/aromatic N) is 8. The molecule has 0 N–H and O–H groups in total. The summed E-state index contributed by atoms with van der Waals surface area (Å²) in [5.41, 5.74) is 0.921. The molecule has 0 bridgehead atoms. The van der Waals surface area contributed by atoms with Crippen LogP contribution in [0.1, 0.15) is 31.6 Å². The molecule has 2 amide bonds. The summed E-state index contributed by atoms with van der Waals surface area (Å²) in [6, 6.07) is 7.42. The predicted octanol–water partition coefficient (Wildman–Crippen LogP) is 1.21. The van der Waals surface area contributed by atoms with Gasteiger partial charge in [0.15, 0.2) is 0 Å². The SMILES string of the molecule is COc1ccc(-c2noc(CCC(=O)N3CCC4(CCN(C(=O)Cn5cnnn5)CC4)C3)n2)cc1. The van der Waals surface area contributed by atoms with Gasteiger partial charge in [0.25, 0.3) is 0 Å². The zero-order chi connectivity index (χ0) is 24.3. The van der Waals surface area contributed by atoms with E-state index in [4.69, 9.17) is 9.26 Å². The van der Waals surface area contributed by atoms with Gasteiger partial charge in [-0.3, -0.25) is 9.59 Å². The lowest BCUT2D eigenvalue weighted by Crippen LogP contribution is -2.45. The van der Waals surface area contributed by atoms with Gasteiger partial charge in [0.1, 0.15) is 18.6 Å². The van der Waals surface area contributed by atoms with Gasteiger partial charge in [-0.05, 0) is 59.4 Å². The molecule has 2 aliphatic rings. The van der Waals surface area contributed by atoms with E-state index in [-0.39, 0.29) is 23.8 Å². The van der Waals surface area contributed by atoms with E-state index in [1.165, 1.54) is 11.0 Å².